The van der Waals surface area contributed by atoms with Crippen LogP contribution in [0, 0.1) is 5.41 Å². The second-order valence-corrected chi connectivity index (χ2v) is 2.82. The van der Waals surface area contributed by atoms with E-state index in [1.54, 1.807) is 26.0 Å². The van der Waals surface area contributed by atoms with Gasteiger partial charge in [0.2, 0.25) is 0 Å². The van der Waals surface area contributed by atoms with Crippen LogP contribution < -0.4 is 0 Å². The molecule has 0 unspecified atom stereocenters. The lowest BCUT2D eigenvalue weighted by Gasteiger charge is -2.02. The lowest BCUT2D eigenvalue weighted by molar-refractivity contribution is -0.138. The maximum Gasteiger partial charge on any atom is 0.337 e. The Balaban J connectivity index is 4.69. The summed E-state index contributed by atoms with van der Waals surface area (Å²) in [5.41, 5.74) is 1.26. The molecule has 0 aliphatic rings. The predicted molar refractivity (Wildman–Crippen MR) is 57.5 cm³/mol. The fraction of sp³-hybridized carbons (Fsp3) is 0.455. The quantitative estimate of drug-likeness (QED) is 0.317. The average Bonchev–Trinajstić information content (AvgIpc) is 2.17. The van der Waals surface area contributed by atoms with Gasteiger partial charge in [-0.2, -0.15) is 0 Å². The first-order valence-electron chi connectivity index (χ1n) is 4.71. The van der Waals surface area contributed by atoms with Crippen molar-refractivity contribution < 1.29 is 9.53 Å². The number of carbonyl (C=O) groups excluding carboxylic acids is 1. The molecular weight excluding hydrogens is 178 g/mol. The van der Waals surface area contributed by atoms with Gasteiger partial charge >= 0.3 is 5.97 Å². The highest BCUT2D eigenvalue weighted by Gasteiger charge is 2.06. The molecule has 14 heavy (non-hydrogen) atoms. The highest BCUT2D eigenvalue weighted by Crippen LogP contribution is 2.05. The van der Waals surface area contributed by atoms with E-state index in [-0.39, 0.29) is 5.97 Å². The van der Waals surface area contributed by atoms with Crippen molar-refractivity contribution in [1.82, 2.24) is 0 Å². The topological polar surface area (TPSA) is 50.2 Å². The fourth-order valence-corrected chi connectivity index (χ4v) is 0.922. The molecule has 0 radical (unpaired) electrons. The molecule has 0 bridgehead atoms. The average molecular weight is 195 g/mol. The van der Waals surface area contributed by atoms with Gasteiger partial charge in [-0.05, 0) is 31.9 Å². The molecule has 1 N–H and O–H groups in total. The van der Waals surface area contributed by atoms with E-state index in [1.165, 1.54) is 6.21 Å². The standard InChI is InChI=1S/C11H17NO2/c1-4-6-10(7-9(3)8-12)11(13)14-5-2/h6-8,12H,4-5H2,1-3H3/b9-7-,10-6-,12-8?. The van der Waals surface area contributed by atoms with Crippen LogP contribution in [-0.2, 0) is 9.53 Å². The number of allylic oxidation sites excluding steroid dienone is 2. The van der Waals surface area contributed by atoms with Crippen LogP contribution in [0.5, 0.6) is 0 Å². The Morgan fingerprint density at radius 3 is 2.50 bits per heavy atom. The third-order valence-corrected chi connectivity index (χ3v) is 1.55. The van der Waals surface area contributed by atoms with Crippen molar-refractivity contribution in [3.8, 4) is 0 Å². The van der Waals surface area contributed by atoms with Crippen molar-refractivity contribution in [3.05, 3.63) is 23.3 Å². The van der Waals surface area contributed by atoms with E-state index in [4.69, 9.17) is 10.1 Å². The lowest BCUT2D eigenvalue weighted by Crippen LogP contribution is -2.06. The third kappa shape index (κ3) is 4.60. The summed E-state index contributed by atoms with van der Waals surface area (Å²) in [6.07, 6.45) is 5.44. The Kier molecular flexibility index (Phi) is 6.37. The zero-order chi connectivity index (χ0) is 11.0. The Hall–Kier alpha value is -1.38. The van der Waals surface area contributed by atoms with Gasteiger partial charge < -0.3 is 10.1 Å². The van der Waals surface area contributed by atoms with Crippen molar-refractivity contribution in [2.45, 2.75) is 27.2 Å². The van der Waals surface area contributed by atoms with Crippen molar-refractivity contribution >= 4 is 12.2 Å². The summed E-state index contributed by atoms with van der Waals surface area (Å²) >= 11 is 0. The smallest absolute Gasteiger partial charge is 0.337 e. The van der Waals surface area contributed by atoms with Crippen molar-refractivity contribution in [1.29, 1.82) is 5.41 Å². The second-order valence-electron chi connectivity index (χ2n) is 2.82. The van der Waals surface area contributed by atoms with Gasteiger partial charge in [-0.25, -0.2) is 4.79 Å². The van der Waals surface area contributed by atoms with Crippen molar-refractivity contribution in [2.75, 3.05) is 6.61 Å². The molecule has 0 aromatic carbocycles. The highest BCUT2D eigenvalue weighted by molar-refractivity contribution is 5.93. The van der Waals surface area contributed by atoms with Crippen LogP contribution >= 0.6 is 0 Å². The van der Waals surface area contributed by atoms with Crippen LogP contribution in [0.2, 0.25) is 0 Å². The number of hydrogen-bond acceptors (Lipinski definition) is 3. The summed E-state index contributed by atoms with van der Waals surface area (Å²) < 4.78 is 4.88. The van der Waals surface area contributed by atoms with Gasteiger partial charge in [0.25, 0.3) is 0 Å². The van der Waals surface area contributed by atoms with Gasteiger partial charge in [-0.1, -0.05) is 13.0 Å². The monoisotopic (exact) mass is 195 g/mol. The Morgan fingerprint density at radius 1 is 1.43 bits per heavy atom. The van der Waals surface area contributed by atoms with Crippen molar-refractivity contribution in [3.63, 3.8) is 0 Å². The van der Waals surface area contributed by atoms with E-state index in [0.717, 1.165) is 12.0 Å². The summed E-state index contributed by atoms with van der Waals surface area (Å²) in [5, 5.41) is 7.00. The van der Waals surface area contributed by atoms with Crippen molar-refractivity contribution in [2.24, 2.45) is 0 Å². The molecule has 0 fully saturated rings. The van der Waals surface area contributed by atoms with E-state index >= 15 is 0 Å². The third-order valence-electron chi connectivity index (χ3n) is 1.55. The molecule has 0 saturated carbocycles. The van der Waals surface area contributed by atoms with E-state index in [9.17, 15) is 4.79 Å². The minimum Gasteiger partial charge on any atom is -0.462 e. The molecule has 0 saturated heterocycles. The summed E-state index contributed by atoms with van der Waals surface area (Å²) in [4.78, 5) is 11.4. The second kappa shape index (κ2) is 7.06. The summed E-state index contributed by atoms with van der Waals surface area (Å²) in [5.74, 6) is -0.324. The number of carbonyl (C=O) groups is 1. The van der Waals surface area contributed by atoms with Gasteiger partial charge in [0.15, 0.2) is 0 Å². The van der Waals surface area contributed by atoms with Crippen LogP contribution in [-0.4, -0.2) is 18.8 Å². The summed E-state index contributed by atoms with van der Waals surface area (Å²) in [7, 11) is 0. The van der Waals surface area contributed by atoms with Gasteiger partial charge in [-0.15, -0.1) is 0 Å². The number of rotatable bonds is 5. The number of hydrogen-bond donors (Lipinski definition) is 1. The van der Waals surface area contributed by atoms with Crippen LogP contribution in [0.4, 0.5) is 0 Å². The van der Waals surface area contributed by atoms with Gasteiger partial charge in [0, 0.05) is 6.21 Å². The Bertz CT molecular complexity index is 264. The largest absolute Gasteiger partial charge is 0.462 e. The first-order valence-corrected chi connectivity index (χ1v) is 4.71. The molecule has 0 spiro atoms. The summed E-state index contributed by atoms with van der Waals surface area (Å²) in [6, 6.07) is 0. The zero-order valence-corrected chi connectivity index (χ0v) is 8.96. The number of esters is 1. The Labute approximate surface area is 85.0 Å². The van der Waals surface area contributed by atoms with Crippen LogP contribution in [0.15, 0.2) is 23.3 Å². The van der Waals surface area contributed by atoms with E-state index in [0.29, 0.717) is 12.2 Å². The van der Waals surface area contributed by atoms with Gasteiger partial charge in [0.05, 0.1) is 12.2 Å². The maximum atomic E-state index is 11.4. The fourth-order valence-electron chi connectivity index (χ4n) is 0.922. The van der Waals surface area contributed by atoms with Crippen LogP contribution in [0.25, 0.3) is 0 Å². The molecule has 0 amide bonds. The molecule has 3 heteroatoms. The first kappa shape index (κ1) is 12.6. The Morgan fingerprint density at radius 2 is 2.07 bits per heavy atom. The van der Waals surface area contributed by atoms with Crippen LogP contribution in [0.3, 0.4) is 0 Å². The maximum absolute atomic E-state index is 11.4. The molecule has 0 aliphatic carbocycles. The van der Waals surface area contributed by atoms with Gasteiger partial charge in [0.1, 0.15) is 0 Å². The predicted octanol–water partition coefficient (Wildman–Crippen LogP) is 2.48. The molecule has 0 aromatic heterocycles. The van der Waals surface area contributed by atoms with E-state index in [2.05, 4.69) is 0 Å². The number of nitrogens with one attached hydrogen (secondary N) is 1. The first-order chi connectivity index (χ1) is 6.65. The summed E-state index contributed by atoms with van der Waals surface area (Å²) in [6.45, 7) is 5.87. The molecule has 78 valence electrons. The zero-order valence-electron chi connectivity index (χ0n) is 8.96. The molecule has 0 rings (SSSR count). The molecule has 3 nitrogen and oxygen atoms in total. The lowest BCUT2D eigenvalue weighted by atomic mass is 10.1. The molecule has 0 aromatic rings. The minimum absolute atomic E-state index is 0.324. The molecule has 0 atom stereocenters. The highest BCUT2D eigenvalue weighted by atomic mass is 16.5. The number of ether oxygens (including phenoxy) is 1. The molecule has 0 heterocycles. The van der Waals surface area contributed by atoms with Crippen LogP contribution in [0.1, 0.15) is 27.2 Å². The molecular formula is C11H17NO2. The van der Waals surface area contributed by atoms with E-state index < -0.39 is 0 Å². The minimum atomic E-state index is -0.324. The SMILES string of the molecule is CC/C=C(/C=C(/C)C=N)C(=O)OCC. The normalized spacial score (nSPS) is 12.5. The van der Waals surface area contributed by atoms with Gasteiger partial charge in [-0.3, -0.25) is 0 Å². The molecule has 0 aliphatic heterocycles. The van der Waals surface area contributed by atoms with E-state index in [1.807, 2.05) is 6.92 Å².